The van der Waals surface area contributed by atoms with Gasteiger partial charge in [0.25, 0.3) is 11.7 Å². The minimum absolute atomic E-state index is 0.00178. The number of esters is 1. The SMILES string of the molecule is COc1cccc(/C(O)=C2\C(=O)C(=O)N(c3cccc(C(=O)OC(C)C)c3)C2c2ccc(O)cc2)c1. The van der Waals surface area contributed by atoms with Gasteiger partial charge in [0, 0.05) is 11.3 Å². The van der Waals surface area contributed by atoms with Crippen LogP contribution in [0.2, 0.25) is 0 Å². The monoisotopic (exact) mass is 487 g/mol. The maximum Gasteiger partial charge on any atom is 0.338 e. The predicted molar refractivity (Wildman–Crippen MR) is 133 cm³/mol. The second kappa shape index (κ2) is 9.95. The number of benzene rings is 3. The summed E-state index contributed by atoms with van der Waals surface area (Å²) in [7, 11) is 1.48. The Labute approximate surface area is 208 Å². The number of hydrogen-bond acceptors (Lipinski definition) is 7. The number of ketones is 1. The average Bonchev–Trinajstić information content (AvgIpc) is 3.14. The van der Waals surface area contributed by atoms with Gasteiger partial charge in [-0.1, -0.05) is 30.3 Å². The zero-order valence-corrected chi connectivity index (χ0v) is 20.0. The molecule has 36 heavy (non-hydrogen) atoms. The van der Waals surface area contributed by atoms with E-state index < -0.39 is 23.7 Å². The molecule has 0 bridgehead atoms. The smallest absolute Gasteiger partial charge is 0.338 e. The van der Waals surface area contributed by atoms with Gasteiger partial charge in [0.1, 0.15) is 17.3 Å². The van der Waals surface area contributed by atoms with Crippen LogP contribution in [0.1, 0.15) is 41.4 Å². The first-order valence-electron chi connectivity index (χ1n) is 11.3. The lowest BCUT2D eigenvalue weighted by Gasteiger charge is -2.26. The van der Waals surface area contributed by atoms with Crippen molar-refractivity contribution in [3.05, 3.63) is 95.1 Å². The van der Waals surface area contributed by atoms with Crippen molar-refractivity contribution in [2.24, 2.45) is 0 Å². The van der Waals surface area contributed by atoms with E-state index in [1.807, 2.05) is 0 Å². The minimum atomic E-state index is -1.02. The van der Waals surface area contributed by atoms with Crippen LogP contribution in [-0.2, 0) is 14.3 Å². The van der Waals surface area contributed by atoms with Crippen LogP contribution in [0.15, 0.2) is 78.4 Å². The van der Waals surface area contributed by atoms with E-state index in [1.165, 1.54) is 30.2 Å². The summed E-state index contributed by atoms with van der Waals surface area (Å²) in [5.74, 6) is -2.23. The number of phenols is 1. The van der Waals surface area contributed by atoms with E-state index in [4.69, 9.17) is 9.47 Å². The number of carbonyl (C=O) groups excluding carboxylic acids is 3. The van der Waals surface area contributed by atoms with Crippen molar-refractivity contribution in [2.75, 3.05) is 12.0 Å². The number of amides is 1. The number of ether oxygens (including phenoxy) is 2. The first-order chi connectivity index (χ1) is 17.2. The van der Waals surface area contributed by atoms with E-state index in [1.54, 1.807) is 68.4 Å². The molecular weight excluding hydrogens is 462 g/mol. The van der Waals surface area contributed by atoms with E-state index in [0.717, 1.165) is 0 Å². The van der Waals surface area contributed by atoms with Crippen LogP contribution in [-0.4, -0.2) is 41.1 Å². The highest BCUT2D eigenvalue weighted by Gasteiger charge is 2.47. The number of rotatable bonds is 6. The molecule has 4 rings (SSSR count). The molecule has 1 unspecified atom stereocenters. The summed E-state index contributed by atoms with van der Waals surface area (Å²) < 4.78 is 10.5. The molecule has 1 fully saturated rings. The molecule has 8 heteroatoms. The maximum atomic E-state index is 13.3. The standard InChI is InChI=1S/C28H25NO7/c1-16(2)36-28(34)19-7-4-8-20(14-19)29-24(17-10-12-21(30)13-11-17)23(26(32)27(29)33)25(31)18-6-5-9-22(15-18)35-3/h4-16,24,30-31H,1-3H3/b25-23+. The van der Waals surface area contributed by atoms with E-state index >= 15 is 0 Å². The highest BCUT2D eigenvalue weighted by atomic mass is 16.5. The predicted octanol–water partition coefficient (Wildman–Crippen LogP) is 4.59. The van der Waals surface area contributed by atoms with Crippen molar-refractivity contribution >= 4 is 29.1 Å². The van der Waals surface area contributed by atoms with Crippen LogP contribution in [0.4, 0.5) is 5.69 Å². The molecule has 1 amide bonds. The van der Waals surface area contributed by atoms with Gasteiger partial charge >= 0.3 is 5.97 Å². The Balaban J connectivity index is 1.89. The first kappa shape index (κ1) is 24.5. The van der Waals surface area contributed by atoms with Crippen molar-refractivity contribution in [2.45, 2.75) is 26.0 Å². The van der Waals surface area contributed by atoms with Crippen molar-refractivity contribution in [3.63, 3.8) is 0 Å². The summed E-state index contributed by atoms with van der Waals surface area (Å²) in [6, 6.07) is 17.7. The lowest BCUT2D eigenvalue weighted by atomic mass is 9.95. The molecular formula is C28H25NO7. The Morgan fingerprint density at radius 3 is 2.28 bits per heavy atom. The topological polar surface area (TPSA) is 113 Å². The van der Waals surface area contributed by atoms with Crippen molar-refractivity contribution < 1.29 is 34.1 Å². The first-order valence-corrected chi connectivity index (χ1v) is 11.3. The third-order valence-electron chi connectivity index (χ3n) is 5.70. The van der Waals surface area contributed by atoms with Crippen molar-refractivity contribution in [1.29, 1.82) is 0 Å². The Hall–Kier alpha value is -4.59. The van der Waals surface area contributed by atoms with Gasteiger partial charge in [0.05, 0.1) is 30.4 Å². The van der Waals surface area contributed by atoms with E-state index in [2.05, 4.69) is 0 Å². The highest BCUT2D eigenvalue weighted by Crippen LogP contribution is 2.42. The van der Waals surface area contributed by atoms with Crippen molar-refractivity contribution in [3.8, 4) is 11.5 Å². The Morgan fingerprint density at radius 2 is 1.61 bits per heavy atom. The number of phenolic OH excluding ortho intramolecular Hbond substituents is 1. The van der Waals surface area contributed by atoms with Gasteiger partial charge in [0.2, 0.25) is 0 Å². The fraction of sp³-hybridized carbons (Fsp3) is 0.179. The molecule has 0 spiro atoms. The Morgan fingerprint density at radius 1 is 0.944 bits per heavy atom. The van der Waals surface area contributed by atoms with E-state index in [0.29, 0.717) is 16.9 Å². The van der Waals surface area contributed by atoms with Gasteiger partial charge in [-0.15, -0.1) is 0 Å². The number of aliphatic hydroxyl groups excluding tert-OH is 1. The lowest BCUT2D eigenvalue weighted by molar-refractivity contribution is -0.132. The van der Waals surface area contributed by atoms with Crippen molar-refractivity contribution in [1.82, 2.24) is 0 Å². The normalized spacial score (nSPS) is 16.9. The molecule has 1 atom stereocenters. The Bertz CT molecular complexity index is 1360. The summed E-state index contributed by atoms with van der Waals surface area (Å²) in [4.78, 5) is 40.3. The molecule has 1 saturated heterocycles. The third-order valence-corrected chi connectivity index (χ3v) is 5.70. The molecule has 184 valence electrons. The molecule has 0 aromatic heterocycles. The van der Waals surface area contributed by atoms with Gasteiger partial charge in [0.15, 0.2) is 0 Å². The van der Waals surface area contributed by atoms with E-state index in [-0.39, 0.29) is 34.4 Å². The van der Waals surface area contributed by atoms with E-state index in [9.17, 15) is 24.6 Å². The summed E-state index contributed by atoms with van der Waals surface area (Å²) in [5.41, 5.74) is 1.13. The van der Waals surface area contributed by atoms with Crippen LogP contribution in [0.5, 0.6) is 11.5 Å². The van der Waals surface area contributed by atoms with Crippen LogP contribution in [0.3, 0.4) is 0 Å². The molecule has 3 aromatic rings. The number of carbonyl (C=O) groups is 3. The van der Waals surface area contributed by atoms with Gasteiger partial charge < -0.3 is 19.7 Å². The largest absolute Gasteiger partial charge is 0.508 e. The quantitative estimate of drug-likeness (QED) is 0.226. The molecule has 0 radical (unpaired) electrons. The molecule has 1 aliphatic heterocycles. The summed E-state index contributed by atoms with van der Waals surface area (Å²) in [6.07, 6.45) is -0.338. The third kappa shape index (κ3) is 4.65. The highest BCUT2D eigenvalue weighted by molar-refractivity contribution is 6.51. The second-order valence-corrected chi connectivity index (χ2v) is 8.50. The lowest BCUT2D eigenvalue weighted by Crippen LogP contribution is -2.29. The molecule has 1 aliphatic rings. The fourth-order valence-corrected chi connectivity index (χ4v) is 4.06. The number of anilines is 1. The summed E-state index contributed by atoms with van der Waals surface area (Å²) in [5, 5.41) is 21.0. The molecule has 1 heterocycles. The fourth-order valence-electron chi connectivity index (χ4n) is 4.06. The second-order valence-electron chi connectivity index (χ2n) is 8.50. The molecule has 0 aliphatic carbocycles. The Kier molecular flexibility index (Phi) is 6.78. The summed E-state index contributed by atoms with van der Waals surface area (Å²) in [6.45, 7) is 3.45. The average molecular weight is 488 g/mol. The van der Waals surface area contributed by atoms with Crippen LogP contribution in [0, 0.1) is 0 Å². The number of aliphatic hydroxyl groups is 1. The van der Waals surface area contributed by atoms with Gasteiger partial charge in [-0.3, -0.25) is 14.5 Å². The van der Waals surface area contributed by atoms with Crippen LogP contribution in [0.25, 0.3) is 5.76 Å². The number of hydrogen-bond donors (Lipinski definition) is 2. The molecule has 2 N–H and O–H groups in total. The minimum Gasteiger partial charge on any atom is -0.508 e. The maximum absolute atomic E-state index is 13.3. The van der Waals surface area contributed by atoms with Gasteiger partial charge in [-0.2, -0.15) is 0 Å². The molecule has 0 saturated carbocycles. The van der Waals surface area contributed by atoms with Crippen LogP contribution < -0.4 is 9.64 Å². The number of aromatic hydroxyl groups is 1. The molecule has 3 aromatic carbocycles. The zero-order valence-electron chi connectivity index (χ0n) is 20.0. The number of nitrogens with zero attached hydrogens (tertiary/aromatic N) is 1. The molecule has 8 nitrogen and oxygen atoms in total. The van der Waals surface area contributed by atoms with Crippen LogP contribution >= 0.6 is 0 Å². The number of methoxy groups -OCH3 is 1. The summed E-state index contributed by atoms with van der Waals surface area (Å²) >= 11 is 0. The van der Waals surface area contributed by atoms with Gasteiger partial charge in [-0.05, 0) is 61.9 Å². The number of Topliss-reactive ketones (excluding diaryl/α,β-unsaturated/α-hetero) is 1. The zero-order chi connectivity index (χ0) is 26.0. The van der Waals surface area contributed by atoms with Gasteiger partial charge in [-0.25, -0.2) is 4.79 Å².